The van der Waals surface area contributed by atoms with E-state index in [1.165, 1.54) is 0 Å². The fourth-order valence-electron chi connectivity index (χ4n) is 2.48. The smallest absolute Gasteiger partial charge is 0.151 e. The second-order valence-corrected chi connectivity index (χ2v) is 4.73. The molecule has 0 aliphatic carbocycles. The highest BCUT2D eigenvalue weighted by molar-refractivity contribution is 5.82. The third-order valence-corrected chi connectivity index (χ3v) is 3.50. The predicted octanol–water partition coefficient (Wildman–Crippen LogP) is 4.27. The Morgan fingerprint density at radius 2 is 1.50 bits per heavy atom. The van der Waals surface area contributed by atoms with Crippen molar-refractivity contribution in [3.05, 3.63) is 78.0 Å². The molecule has 2 nitrogen and oxygen atoms in total. The van der Waals surface area contributed by atoms with Gasteiger partial charge in [0.05, 0.1) is 5.69 Å². The van der Waals surface area contributed by atoms with Crippen LogP contribution in [0.25, 0.3) is 16.9 Å². The van der Waals surface area contributed by atoms with Gasteiger partial charge in [-0.1, -0.05) is 48.5 Å². The number of aromatic nitrogens is 1. The van der Waals surface area contributed by atoms with Crippen molar-refractivity contribution in [3.63, 3.8) is 0 Å². The number of hydrogen-bond acceptors (Lipinski definition) is 1. The first-order chi connectivity index (χ1) is 9.81. The number of carbonyl (C=O) groups is 1. The highest BCUT2D eigenvalue weighted by Crippen LogP contribution is 2.28. The zero-order chi connectivity index (χ0) is 13.9. The molecule has 2 aromatic carbocycles. The molecule has 0 N–H and O–H groups in total. The molecule has 1 heterocycles. The maximum atomic E-state index is 11.2. The van der Waals surface area contributed by atoms with Gasteiger partial charge < -0.3 is 4.57 Å². The lowest BCUT2D eigenvalue weighted by Crippen LogP contribution is -1.99. The summed E-state index contributed by atoms with van der Waals surface area (Å²) >= 11 is 0. The van der Waals surface area contributed by atoms with Gasteiger partial charge >= 0.3 is 0 Å². The summed E-state index contributed by atoms with van der Waals surface area (Å²) in [6.45, 7) is 1.98. The van der Waals surface area contributed by atoms with Crippen LogP contribution in [0.5, 0.6) is 0 Å². The highest BCUT2D eigenvalue weighted by atomic mass is 16.1. The molecule has 0 aliphatic heterocycles. The van der Waals surface area contributed by atoms with Crippen molar-refractivity contribution in [2.24, 2.45) is 0 Å². The summed E-state index contributed by atoms with van der Waals surface area (Å²) in [5, 5.41) is 0. The molecule has 0 bridgehead atoms. The largest absolute Gasteiger partial charge is 0.313 e. The van der Waals surface area contributed by atoms with Gasteiger partial charge in [0.1, 0.15) is 0 Å². The van der Waals surface area contributed by atoms with Crippen LogP contribution in [0, 0.1) is 6.92 Å². The molecule has 0 saturated heterocycles. The molecule has 2 heteroatoms. The molecule has 1 aromatic heterocycles. The van der Waals surface area contributed by atoms with Crippen molar-refractivity contribution >= 4 is 6.29 Å². The van der Waals surface area contributed by atoms with Crippen LogP contribution in [-0.4, -0.2) is 10.9 Å². The lowest BCUT2D eigenvalue weighted by molar-refractivity contribution is 0.112. The third-order valence-electron chi connectivity index (χ3n) is 3.50. The minimum atomic E-state index is 0.729. The molecule has 3 aromatic rings. The minimum absolute atomic E-state index is 0.729. The van der Waals surface area contributed by atoms with E-state index in [2.05, 4.69) is 16.7 Å². The Kier molecular flexibility index (Phi) is 3.21. The highest BCUT2D eigenvalue weighted by Gasteiger charge is 2.13. The second kappa shape index (κ2) is 5.17. The topological polar surface area (TPSA) is 22.0 Å². The van der Waals surface area contributed by atoms with Crippen molar-refractivity contribution in [1.29, 1.82) is 0 Å². The first kappa shape index (κ1) is 12.4. The quantitative estimate of drug-likeness (QED) is 0.645. The summed E-state index contributed by atoms with van der Waals surface area (Å²) < 4.78 is 2.12. The van der Waals surface area contributed by atoms with Gasteiger partial charge in [0.25, 0.3) is 0 Å². The molecule has 3 rings (SSSR count). The van der Waals surface area contributed by atoms with Crippen LogP contribution < -0.4 is 0 Å². The van der Waals surface area contributed by atoms with Gasteiger partial charge in [-0.15, -0.1) is 0 Å². The molecule has 0 aliphatic rings. The zero-order valence-corrected chi connectivity index (χ0v) is 11.3. The van der Waals surface area contributed by atoms with Gasteiger partial charge in [-0.3, -0.25) is 4.79 Å². The number of rotatable bonds is 3. The van der Waals surface area contributed by atoms with Crippen LogP contribution in [0.2, 0.25) is 0 Å². The molecule has 20 heavy (non-hydrogen) atoms. The fraction of sp³-hybridized carbons (Fsp3) is 0.0556. The minimum Gasteiger partial charge on any atom is -0.313 e. The Hall–Kier alpha value is -2.61. The van der Waals surface area contributed by atoms with Gasteiger partial charge in [-0.25, -0.2) is 0 Å². The average molecular weight is 261 g/mol. The molecular weight excluding hydrogens is 246 g/mol. The predicted molar refractivity (Wildman–Crippen MR) is 81.3 cm³/mol. The van der Waals surface area contributed by atoms with Crippen molar-refractivity contribution in [1.82, 2.24) is 4.57 Å². The number of benzene rings is 2. The molecule has 0 saturated carbocycles. The molecule has 0 radical (unpaired) electrons. The average Bonchev–Trinajstić information content (AvgIpc) is 2.86. The van der Waals surface area contributed by atoms with Gasteiger partial charge in [-0.2, -0.15) is 0 Å². The number of carbonyl (C=O) groups excluding carboxylic acids is 1. The zero-order valence-electron chi connectivity index (χ0n) is 11.3. The summed E-state index contributed by atoms with van der Waals surface area (Å²) in [6, 6.07) is 22.2. The van der Waals surface area contributed by atoms with E-state index in [0.29, 0.717) is 0 Å². The van der Waals surface area contributed by atoms with Crippen molar-refractivity contribution in [2.75, 3.05) is 0 Å². The van der Waals surface area contributed by atoms with Crippen LogP contribution in [0.15, 0.2) is 66.7 Å². The van der Waals surface area contributed by atoms with Gasteiger partial charge in [0.2, 0.25) is 0 Å². The SMILES string of the molecule is Cc1c(C=O)cc(-c2ccccc2)n1-c1ccccc1. The Labute approximate surface area is 118 Å². The summed E-state index contributed by atoms with van der Waals surface area (Å²) in [7, 11) is 0. The summed E-state index contributed by atoms with van der Waals surface area (Å²) in [6.07, 6.45) is 0.918. The normalized spacial score (nSPS) is 10.4. The third kappa shape index (κ3) is 2.05. The van der Waals surface area contributed by atoms with E-state index in [9.17, 15) is 4.79 Å². The van der Waals surface area contributed by atoms with Crippen LogP contribution in [0.3, 0.4) is 0 Å². The van der Waals surface area contributed by atoms with E-state index in [1.54, 1.807) is 0 Å². The molecule has 0 amide bonds. The van der Waals surface area contributed by atoms with Crippen LogP contribution in [-0.2, 0) is 0 Å². The molecular formula is C18H15NO. The van der Waals surface area contributed by atoms with Gasteiger partial charge in [0, 0.05) is 16.9 Å². The van der Waals surface area contributed by atoms with Crippen LogP contribution in [0.1, 0.15) is 16.1 Å². The standard InChI is InChI=1S/C18H15NO/c1-14-16(13-20)12-18(15-8-4-2-5-9-15)19(14)17-10-6-3-7-11-17/h2-13H,1H3. The van der Waals surface area contributed by atoms with E-state index in [0.717, 1.165) is 34.5 Å². The first-order valence-electron chi connectivity index (χ1n) is 6.59. The lowest BCUT2D eigenvalue weighted by atomic mass is 10.1. The Morgan fingerprint density at radius 3 is 2.10 bits per heavy atom. The fourth-order valence-corrected chi connectivity index (χ4v) is 2.48. The number of aldehydes is 1. The van der Waals surface area contributed by atoms with Gasteiger partial charge in [-0.05, 0) is 30.7 Å². The van der Waals surface area contributed by atoms with Crippen molar-refractivity contribution in [2.45, 2.75) is 6.92 Å². The molecule has 98 valence electrons. The van der Waals surface area contributed by atoms with Crippen molar-refractivity contribution < 1.29 is 4.79 Å². The molecule has 0 fully saturated rings. The van der Waals surface area contributed by atoms with E-state index >= 15 is 0 Å². The molecule has 0 atom stereocenters. The van der Waals surface area contributed by atoms with Crippen molar-refractivity contribution in [3.8, 4) is 16.9 Å². The van der Waals surface area contributed by atoms with Crippen LogP contribution in [0.4, 0.5) is 0 Å². The number of para-hydroxylation sites is 1. The van der Waals surface area contributed by atoms with E-state index in [4.69, 9.17) is 0 Å². The van der Waals surface area contributed by atoms with Gasteiger partial charge in [0.15, 0.2) is 6.29 Å². The summed E-state index contributed by atoms with van der Waals surface area (Å²) in [5.74, 6) is 0. The summed E-state index contributed by atoms with van der Waals surface area (Å²) in [5.41, 5.74) is 4.90. The maximum Gasteiger partial charge on any atom is 0.151 e. The summed E-state index contributed by atoms with van der Waals surface area (Å²) in [4.78, 5) is 11.2. The molecule has 0 unspecified atom stereocenters. The van der Waals surface area contributed by atoms with E-state index < -0.39 is 0 Å². The Balaban J connectivity index is 2.27. The second-order valence-electron chi connectivity index (χ2n) is 4.73. The van der Waals surface area contributed by atoms with E-state index in [-0.39, 0.29) is 0 Å². The lowest BCUT2D eigenvalue weighted by Gasteiger charge is -2.12. The van der Waals surface area contributed by atoms with Crippen LogP contribution >= 0.6 is 0 Å². The Bertz CT molecular complexity index is 727. The Morgan fingerprint density at radius 1 is 0.900 bits per heavy atom. The number of hydrogen-bond donors (Lipinski definition) is 0. The maximum absolute atomic E-state index is 11.2. The van der Waals surface area contributed by atoms with E-state index in [1.807, 2.05) is 61.5 Å². The first-order valence-corrected chi connectivity index (χ1v) is 6.59. The monoisotopic (exact) mass is 261 g/mol. The molecule has 0 spiro atoms. The number of nitrogens with zero attached hydrogens (tertiary/aromatic N) is 1.